The lowest BCUT2D eigenvalue weighted by Gasteiger charge is -2.19. The first-order chi connectivity index (χ1) is 12.9. The molecule has 0 bridgehead atoms. The van der Waals surface area contributed by atoms with Crippen molar-refractivity contribution in [3.8, 4) is 5.75 Å². The molecule has 0 atom stereocenters. The monoisotopic (exact) mass is 393 g/mol. The van der Waals surface area contributed by atoms with Crippen LogP contribution in [0.4, 0.5) is 10.1 Å². The minimum absolute atomic E-state index is 0.0643. The fourth-order valence-corrected chi connectivity index (χ4v) is 3.88. The molecule has 0 saturated carbocycles. The van der Waals surface area contributed by atoms with E-state index in [1.807, 2.05) is 0 Å². The van der Waals surface area contributed by atoms with E-state index in [0.29, 0.717) is 25.1 Å². The highest BCUT2D eigenvalue weighted by atomic mass is 32.2. The smallest absolute Gasteiger partial charge is 0.255 e. The summed E-state index contributed by atoms with van der Waals surface area (Å²) in [4.78, 5) is 12.4. The molecular weight excluding hydrogens is 373 g/mol. The quantitative estimate of drug-likeness (QED) is 0.718. The topological polar surface area (TPSA) is 96.5 Å². The summed E-state index contributed by atoms with van der Waals surface area (Å²) in [6, 6.07) is 7.27. The zero-order chi connectivity index (χ0) is 19.6. The number of amides is 1. The van der Waals surface area contributed by atoms with Crippen molar-refractivity contribution in [3.05, 3.63) is 52.8 Å². The highest BCUT2D eigenvalue weighted by Crippen LogP contribution is 2.27. The molecule has 0 radical (unpaired) electrons. The van der Waals surface area contributed by atoms with Crippen LogP contribution in [0.15, 0.2) is 35.2 Å². The molecule has 1 amide bonds. The van der Waals surface area contributed by atoms with Gasteiger partial charge in [0.15, 0.2) is 0 Å². The molecule has 3 N–H and O–H groups in total. The van der Waals surface area contributed by atoms with Crippen molar-refractivity contribution in [2.45, 2.75) is 17.9 Å². The Bertz CT molecular complexity index is 992. The van der Waals surface area contributed by atoms with E-state index < -0.39 is 21.7 Å². The van der Waals surface area contributed by atoms with Gasteiger partial charge in [-0.2, -0.15) is 0 Å². The van der Waals surface area contributed by atoms with Crippen molar-refractivity contribution in [2.75, 3.05) is 26.0 Å². The van der Waals surface area contributed by atoms with Gasteiger partial charge in [0.25, 0.3) is 5.91 Å². The summed E-state index contributed by atoms with van der Waals surface area (Å²) in [5, 5.41) is 5.68. The first kappa shape index (κ1) is 19.3. The Morgan fingerprint density at radius 3 is 2.74 bits per heavy atom. The highest BCUT2D eigenvalue weighted by molar-refractivity contribution is 7.89. The van der Waals surface area contributed by atoms with E-state index in [4.69, 9.17) is 4.74 Å². The van der Waals surface area contributed by atoms with Gasteiger partial charge in [-0.3, -0.25) is 4.79 Å². The zero-order valence-electron chi connectivity index (χ0n) is 14.9. The Labute approximate surface area is 157 Å². The number of carbonyl (C=O) groups is 1. The third-order valence-corrected chi connectivity index (χ3v) is 5.88. The Kier molecular flexibility index (Phi) is 5.45. The molecule has 27 heavy (non-hydrogen) atoms. The molecule has 0 aliphatic carbocycles. The summed E-state index contributed by atoms with van der Waals surface area (Å²) >= 11 is 0. The van der Waals surface area contributed by atoms with E-state index in [0.717, 1.165) is 5.56 Å². The summed E-state index contributed by atoms with van der Waals surface area (Å²) in [5.74, 6) is -0.967. The van der Waals surface area contributed by atoms with Crippen molar-refractivity contribution >= 4 is 21.6 Å². The van der Waals surface area contributed by atoms with Crippen molar-refractivity contribution in [1.29, 1.82) is 0 Å². The van der Waals surface area contributed by atoms with E-state index in [9.17, 15) is 17.6 Å². The van der Waals surface area contributed by atoms with Gasteiger partial charge in [0, 0.05) is 12.1 Å². The number of halogens is 1. The van der Waals surface area contributed by atoms with Crippen LogP contribution in [0.3, 0.4) is 0 Å². The molecule has 1 aliphatic heterocycles. The van der Waals surface area contributed by atoms with Gasteiger partial charge in [-0.15, -0.1) is 0 Å². The lowest BCUT2D eigenvalue weighted by molar-refractivity contribution is 0.102. The Hall–Kier alpha value is -2.49. The number of carbonyl (C=O) groups excluding carboxylic acids is 1. The summed E-state index contributed by atoms with van der Waals surface area (Å²) in [6.07, 6.45) is 0.540. The van der Waals surface area contributed by atoms with Gasteiger partial charge in [-0.25, -0.2) is 17.5 Å². The number of rotatable bonds is 5. The van der Waals surface area contributed by atoms with E-state index in [1.165, 1.54) is 38.4 Å². The number of hydrogen-bond donors (Lipinski definition) is 3. The molecule has 0 saturated heterocycles. The lowest BCUT2D eigenvalue weighted by atomic mass is 9.99. The van der Waals surface area contributed by atoms with E-state index >= 15 is 0 Å². The van der Waals surface area contributed by atoms with Crippen molar-refractivity contribution in [1.82, 2.24) is 10.0 Å². The molecule has 1 heterocycles. The predicted octanol–water partition coefficient (Wildman–Crippen LogP) is 1.64. The maximum absolute atomic E-state index is 14.7. The first-order valence-electron chi connectivity index (χ1n) is 8.31. The van der Waals surface area contributed by atoms with Gasteiger partial charge in [0.2, 0.25) is 10.0 Å². The fourth-order valence-electron chi connectivity index (χ4n) is 2.96. The number of anilines is 1. The van der Waals surface area contributed by atoms with Crippen LogP contribution in [0.1, 0.15) is 21.5 Å². The molecule has 1 aliphatic rings. The Balaban J connectivity index is 1.92. The molecule has 0 aromatic heterocycles. The van der Waals surface area contributed by atoms with Crippen LogP contribution < -0.4 is 20.1 Å². The molecule has 3 rings (SSSR count). The summed E-state index contributed by atoms with van der Waals surface area (Å²) in [6.45, 7) is 1.26. The van der Waals surface area contributed by atoms with Crippen LogP contribution in [0.5, 0.6) is 5.75 Å². The predicted molar refractivity (Wildman–Crippen MR) is 99.0 cm³/mol. The number of benzene rings is 2. The molecular formula is C18H20FN3O4S. The maximum Gasteiger partial charge on any atom is 0.255 e. The van der Waals surface area contributed by atoms with Gasteiger partial charge < -0.3 is 15.4 Å². The SMILES string of the molecule is CNS(=O)(=O)c1cc(C(=O)Nc2ccc3c(c2F)CCNC3)ccc1OC. The van der Waals surface area contributed by atoms with Crippen LogP contribution in [0, 0.1) is 5.82 Å². The molecule has 9 heteroatoms. The molecule has 0 spiro atoms. The van der Waals surface area contributed by atoms with E-state index in [1.54, 1.807) is 6.07 Å². The molecule has 2 aromatic rings. The number of sulfonamides is 1. The fraction of sp³-hybridized carbons (Fsp3) is 0.278. The van der Waals surface area contributed by atoms with Crippen molar-refractivity contribution in [2.24, 2.45) is 0 Å². The van der Waals surface area contributed by atoms with Crippen LogP contribution in [0.25, 0.3) is 0 Å². The minimum atomic E-state index is -3.83. The van der Waals surface area contributed by atoms with Crippen LogP contribution in [-0.2, 0) is 23.0 Å². The highest BCUT2D eigenvalue weighted by Gasteiger charge is 2.22. The Morgan fingerprint density at radius 1 is 1.26 bits per heavy atom. The number of nitrogens with one attached hydrogen (secondary N) is 3. The number of ether oxygens (including phenoxy) is 1. The lowest BCUT2D eigenvalue weighted by Crippen LogP contribution is -2.25. The summed E-state index contributed by atoms with van der Waals surface area (Å²) in [5.41, 5.74) is 1.58. The van der Waals surface area contributed by atoms with Gasteiger partial charge in [0.1, 0.15) is 16.5 Å². The van der Waals surface area contributed by atoms with Crippen LogP contribution in [0.2, 0.25) is 0 Å². The van der Waals surface area contributed by atoms with Gasteiger partial charge in [-0.05, 0) is 55.4 Å². The van der Waals surface area contributed by atoms with Crippen LogP contribution >= 0.6 is 0 Å². The van der Waals surface area contributed by atoms with Gasteiger partial charge >= 0.3 is 0 Å². The molecule has 144 valence electrons. The number of methoxy groups -OCH3 is 1. The number of fused-ring (bicyclic) bond motifs is 1. The standard InChI is InChI=1S/C18H20FN3O4S/c1-20-27(24,25)16-9-11(4-6-15(16)26-2)18(23)22-14-5-3-12-10-21-8-7-13(12)17(14)19/h3-6,9,20-21H,7-8,10H2,1-2H3,(H,22,23). The average molecular weight is 393 g/mol. The molecule has 0 unspecified atom stereocenters. The Morgan fingerprint density at radius 2 is 2.04 bits per heavy atom. The number of hydrogen-bond acceptors (Lipinski definition) is 5. The first-order valence-corrected chi connectivity index (χ1v) is 9.79. The molecule has 0 fully saturated rings. The zero-order valence-corrected chi connectivity index (χ0v) is 15.7. The maximum atomic E-state index is 14.7. The summed E-state index contributed by atoms with van der Waals surface area (Å²) < 4.78 is 46.2. The second kappa shape index (κ2) is 7.63. The second-order valence-electron chi connectivity index (χ2n) is 6.02. The van der Waals surface area contributed by atoms with E-state index in [2.05, 4.69) is 15.4 Å². The largest absolute Gasteiger partial charge is 0.495 e. The molecule has 7 nitrogen and oxygen atoms in total. The van der Waals surface area contributed by atoms with Crippen LogP contribution in [-0.4, -0.2) is 35.0 Å². The second-order valence-corrected chi connectivity index (χ2v) is 7.87. The molecule has 2 aromatic carbocycles. The van der Waals surface area contributed by atoms with Gasteiger partial charge in [-0.1, -0.05) is 6.07 Å². The summed E-state index contributed by atoms with van der Waals surface area (Å²) in [7, 11) is -1.23. The average Bonchev–Trinajstić information content (AvgIpc) is 2.69. The third-order valence-electron chi connectivity index (χ3n) is 4.44. The minimum Gasteiger partial charge on any atom is -0.495 e. The van der Waals surface area contributed by atoms with Gasteiger partial charge in [0.05, 0.1) is 12.8 Å². The van der Waals surface area contributed by atoms with Crippen molar-refractivity contribution < 1.29 is 22.3 Å². The van der Waals surface area contributed by atoms with E-state index in [-0.39, 0.29) is 21.9 Å². The third kappa shape index (κ3) is 3.80. The normalized spacial score (nSPS) is 13.7. The van der Waals surface area contributed by atoms with Crippen molar-refractivity contribution in [3.63, 3.8) is 0 Å².